The summed E-state index contributed by atoms with van der Waals surface area (Å²) in [4.78, 5) is -0.345. The predicted molar refractivity (Wildman–Crippen MR) is 64.9 cm³/mol. The van der Waals surface area contributed by atoms with Crippen molar-refractivity contribution in [2.75, 3.05) is 6.54 Å². The Balaban J connectivity index is 2.45. The van der Waals surface area contributed by atoms with Gasteiger partial charge in [0, 0.05) is 12.6 Å². The minimum Gasteiger partial charge on any atom is -0.392 e. The molecule has 100 valence electrons. The van der Waals surface area contributed by atoms with E-state index in [1.807, 2.05) is 0 Å². The van der Waals surface area contributed by atoms with Gasteiger partial charge in [-0.05, 0) is 30.5 Å². The maximum atomic E-state index is 13.7. The molecule has 4 nitrogen and oxygen atoms in total. The minimum absolute atomic E-state index is 0.00261. The number of benzene rings is 1. The van der Waals surface area contributed by atoms with Crippen LogP contribution < -0.4 is 0 Å². The van der Waals surface area contributed by atoms with E-state index >= 15 is 0 Å². The molecule has 0 amide bonds. The molecule has 0 unspecified atom stereocenters. The van der Waals surface area contributed by atoms with Gasteiger partial charge in [0.25, 0.3) is 0 Å². The molecular weight excluding hydrogens is 257 g/mol. The normalized spacial score (nSPS) is 16.2. The van der Waals surface area contributed by atoms with E-state index in [-0.39, 0.29) is 17.5 Å². The van der Waals surface area contributed by atoms with Gasteiger partial charge >= 0.3 is 0 Å². The SMILES string of the molecule is CCN(C1CC1)S(=O)(=O)c1cc(CO)ccc1F. The van der Waals surface area contributed by atoms with E-state index < -0.39 is 15.8 Å². The topological polar surface area (TPSA) is 57.6 Å². The number of aliphatic hydroxyl groups is 1. The van der Waals surface area contributed by atoms with Crippen LogP contribution in [0.2, 0.25) is 0 Å². The van der Waals surface area contributed by atoms with Gasteiger partial charge in [0.05, 0.1) is 6.61 Å². The van der Waals surface area contributed by atoms with Crippen molar-refractivity contribution in [1.29, 1.82) is 0 Å². The van der Waals surface area contributed by atoms with Crippen LogP contribution in [-0.4, -0.2) is 30.4 Å². The average molecular weight is 273 g/mol. The first-order valence-electron chi connectivity index (χ1n) is 5.91. The molecule has 0 bridgehead atoms. The zero-order valence-corrected chi connectivity index (χ0v) is 11.0. The molecule has 1 aliphatic rings. The van der Waals surface area contributed by atoms with E-state index in [2.05, 4.69) is 0 Å². The van der Waals surface area contributed by atoms with Crippen LogP contribution in [0.4, 0.5) is 4.39 Å². The summed E-state index contributed by atoms with van der Waals surface area (Å²) in [7, 11) is -3.80. The molecule has 0 atom stereocenters. The van der Waals surface area contributed by atoms with E-state index in [1.54, 1.807) is 6.92 Å². The fourth-order valence-corrected chi connectivity index (χ4v) is 3.77. The second kappa shape index (κ2) is 4.95. The van der Waals surface area contributed by atoms with E-state index in [9.17, 15) is 12.8 Å². The first-order chi connectivity index (χ1) is 8.50. The number of rotatable bonds is 5. The third-order valence-electron chi connectivity index (χ3n) is 3.03. The Morgan fingerprint density at radius 3 is 2.61 bits per heavy atom. The fraction of sp³-hybridized carbons (Fsp3) is 0.500. The lowest BCUT2D eigenvalue weighted by Crippen LogP contribution is -2.33. The molecule has 2 rings (SSSR count). The lowest BCUT2D eigenvalue weighted by Gasteiger charge is -2.20. The van der Waals surface area contributed by atoms with Gasteiger partial charge in [-0.3, -0.25) is 0 Å². The summed E-state index contributed by atoms with van der Waals surface area (Å²) in [5, 5.41) is 9.01. The third-order valence-corrected chi connectivity index (χ3v) is 5.07. The van der Waals surface area contributed by atoms with Gasteiger partial charge in [-0.2, -0.15) is 4.31 Å². The van der Waals surface area contributed by atoms with Crippen molar-refractivity contribution in [3.63, 3.8) is 0 Å². The molecule has 0 aromatic heterocycles. The van der Waals surface area contributed by atoms with Crippen molar-refractivity contribution in [2.45, 2.75) is 37.3 Å². The minimum atomic E-state index is -3.80. The Morgan fingerprint density at radius 1 is 1.44 bits per heavy atom. The van der Waals surface area contributed by atoms with Gasteiger partial charge in [0.15, 0.2) is 0 Å². The van der Waals surface area contributed by atoms with Crippen LogP contribution in [0, 0.1) is 5.82 Å². The van der Waals surface area contributed by atoms with Crippen molar-refractivity contribution >= 4 is 10.0 Å². The lowest BCUT2D eigenvalue weighted by molar-refractivity contribution is 0.281. The van der Waals surface area contributed by atoms with E-state index in [0.717, 1.165) is 18.9 Å². The van der Waals surface area contributed by atoms with Crippen LogP contribution in [-0.2, 0) is 16.6 Å². The second-order valence-corrected chi connectivity index (χ2v) is 6.22. The molecule has 0 heterocycles. The number of aliphatic hydroxyl groups excluding tert-OH is 1. The summed E-state index contributed by atoms with van der Waals surface area (Å²) < 4.78 is 39.7. The number of nitrogens with zero attached hydrogens (tertiary/aromatic N) is 1. The molecule has 1 aromatic carbocycles. The van der Waals surface area contributed by atoms with Crippen molar-refractivity contribution in [1.82, 2.24) is 4.31 Å². The molecular formula is C12H16FNO3S. The number of sulfonamides is 1. The molecule has 18 heavy (non-hydrogen) atoms. The molecule has 0 radical (unpaired) electrons. The third kappa shape index (κ3) is 2.41. The van der Waals surface area contributed by atoms with Crippen molar-refractivity contribution in [2.24, 2.45) is 0 Å². The molecule has 1 fully saturated rings. The number of hydrogen-bond acceptors (Lipinski definition) is 3. The van der Waals surface area contributed by atoms with Gasteiger partial charge in [-0.1, -0.05) is 13.0 Å². The standard InChI is InChI=1S/C12H16FNO3S/c1-2-14(10-4-5-10)18(16,17)12-7-9(8-15)3-6-11(12)13/h3,6-7,10,15H,2,4-5,8H2,1H3. The summed E-state index contributed by atoms with van der Waals surface area (Å²) in [6.07, 6.45) is 1.66. The van der Waals surface area contributed by atoms with E-state index in [4.69, 9.17) is 5.11 Å². The molecule has 0 spiro atoms. The maximum Gasteiger partial charge on any atom is 0.246 e. The van der Waals surface area contributed by atoms with Gasteiger partial charge in [0.2, 0.25) is 10.0 Å². The number of hydrogen-bond donors (Lipinski definition) is 1. The molecule has 0 aliphatic heterocycles. The summed E-state index contributed by atoms with van der Waals surface area (Å²) in [5.41, 5.74) is 0.391. The molecule has 1 aromatic rings. The van der Waals surface area contributed by atoms with Crippen molar-refractivity contribution in [3.05, 3.63) is 29.6 Å². The summed E-state index contributed by atoms with van der Waals surface area (Å²) in [5.74, 6) is -0.772. The zero-order valence-electron chi connectivity index (χ0n) is 10.1. The fourth-order valence-electron chi connectivity index (χ4n) is 1.96. The van der Waals surface area contributed by atoms with Crippen LogP contribution in [0.15, 0.2) is 23.1 Å². The monoisotopic (exact) mass is 273 g/mol. The Labute approximate surface area is 106 Å². The molecule has 1 saturated carbocycles. The molecule has 0 saturated heterocycles. The quantitative estimate of drug-likeness (QED) is 0.884. The van der Waals surface area contributed by atoms with Crippen molar-refractivity contribution in [3.8, 4) is 0 Å². The summed E-state index contributed by atoms with van der Waals surface area (Å²) >= 11 is 0. The zero-order chi connectivity index (χ0) is 13.3. The first-order valence-corrected chi connectivity index (χ1v) is 7.35. The Bertz CT molecular complexity index is 540. The average Bonchev–Trinajstić information content (AvgIpc) is 3.14. The van der Waals surface area contributed by atoms with E-state index in [1.165, 1.54) is 16.4 Å². The molecule has 1 N–H and O–H groups in total. The van der Waals surface area contributed by atoms with Gasteiger partial charge in [-0.25, -0.2) is 12.8 Å². The highest BCUT2D eigenvalue weighted by Crippen LogP contribution is 2.32. The molecule has 6 heteroatoms. The second-order valence-electron chi connectivity index (χ2n) is 4.36. The highest BCUT2D eigenvalue weighted by Gasteiger charge is 2.38. The Kier molecular flexibility index (Phi) is 3.70. The molecule has 1 aliphatic carbocycles. The van der Waals surface area contributed by atoms with Crippen LogP contribution in [0.25, 0.3) is 0 Å². The van der Waals surface area contributed by atoms with Crippen LogP contribution in [0.5, 0.6) is 0 Å². The van der Waals surface area contributed by atoms with Crippen LogP contribution >= 0.6 is 0 Å². The van der Waals surface area contributed by atoms with Crippen LogP contribution in [0.1, 0.15) is 25.3 Å². The highest BCUT2D eigenvalue weighted by molar-refractivity contribution is 7.89. The van der Waals surface area contributed by atoms with Gasteiger partial charge in [0.1, 0.15) is 10.7 Å². The lowest BCUT2D eigenvalue weighted by atomic mass is 10.2. The van der Waals surface area contributed by atoms with E-state index in [0.29, 0.717) is 12.1 Å². The Morgan fingerprint density at radius 2 is 2.11 bits per heavy atom. The van der Waals surface area contributed by atoms with Crippen LogP contribution in [0.3, 0.4) is 0 Å². The Hall–Kier alpha value is -0.980. The van der Waals surface area contributed by atoms with Gasteiger partial charge < -0.3 is 5.11 Å². The largest absolute Gasteiger partial charge is 0.392 e. The van der Waals surface area contributed by atoms with Gasteiger partial charge in [-0.15, -0.1) is 0 Å². The first kappa shape index (κ1) is 13.5. The predicted octanol–water partition coefficient (Wildman–Crippen LogP) is 1.49. The van der Waals surface area contributed by atoms with Crippen molar-refractivity contribution < 1.29 is 17.9 Å². The highest BCUT2D eigenvalue weighted by atomic mass is 32.2. The smallest absolute Gasteiger partial charge is 0.246 e. The summed E-state index contributed by atoms with van der Waals surface area (Å²) in [6.45, 7) is 1.76. The number of halogens is 1. The maximum absolute atomic E-state index is 13.7. The summed E-state index contributed by atoms with van der Waals surface area (Å²) in [6, 6.07) is 3.66.